The standard InChI is InChI=1S/C25H25N9O/c1-30-8-9-31(18-25(30)35)13-19-4-5-24-27-21(15-33(24)14-19)16-34-17-23(28-29-34)20-10-22(12-26-11-20)32-6-2-3-7-32/h2-7,10-12,14-15,17H,8-9,13,16,18H2,1H3. The molecule has 0 radical (unpaired) electrons. The highest BCUT2D eigenvalue weighted by Crippen LogP contribution is 2.19. The summed E-state index contributed by atoms with van der Waals surface area (Å²) in [5.41, 5.74) is 5.56. The van der Waals surface area contributed by atoms with Crippen LogP contribution < -0.4 is 0 Å². The van der Waals surface area contributed by atoms with E-state index >= 15 is 0 Å². The molecule has 6 rings (SSSR count). The van der Waals surface area contributed by atoms with Crippen LogP contribution in [0.4, 0.5) is 0 Å². The van der Waals surface area contributed by atoms with Crippen molar-refractivity contribution in [1.82, 2.24) is 43.7 Å². The molecular formula is C25H25N9O. The van der Waals surface area contributed by atoms with E-state index in [1.54, 1.807) is 15.8 Å². The lowest BCUT2D eigenvalue weighted by atomic mass is 10.2. The van der Waals surface area contributed by atoms with Gasteiger partial charge in [-0.25, -0.2) is 9.67 Å². The Labute approximate surface area is 202 Å². The summed E-state index contributed by atoms with van der Waals surface area (Å²) in [6.07, 6.45) is 13.6. The van der Waals surface area contributed by atoms with E-state index in [1.807, 2.05) is 71.3 Å². The number of hydrogen-bond donors (Lipinski definition) is 0. The van der Waals surface area contributed by atoms with Crippen LogP contribution in [0.5, 0.6) is 0 Å². The highest BCUT2D eigenvalue weighted by atomic mass is 16.2. The maximum absolute atomic E-state index is 12.0. The number of rotatable bonds is 6. The monoisotopic (exact) mass is 467 g/mol. The van der Waals surface area contributed by atoms with Gasteiger partial charge in [0.1, 0.15) is 11.3 Å². The number of pyridine rings is 2. The zero-order chi connectivity index (χ0) is 23.8. The summed E-state index contributed by atoms with van der Waals surface area (Å²) < 4.78 is 5.83. The van der Waals surface area contributed by atoms with Gasteiger partial charge in [-0.2, -0.15) is 0 Å². The van der Waals surface area contributed by atoms with Crippen LogP contribution in [0.2, 0.25) is 0 Å². The number of hydrogen-bond acceptors (Lipinski definition) is 6. The number of imidazole rings is 1. The van der Waals surface area contributed by atoms with E-state index in [1.165, 1.54) is 0 Å². The summed E-state index contributed by atoms with van der Waals surface area (Å²) in [5, 5.41) is 8.64. The Kier molecular flexibility index (Phi) is 5.34. The average Bonchev–Trinajstić information content (AvgIpc) is 3.62. The molecule has 1 saturated heterocycles. The van der Waals surface area contributed by atoms with Crippen LogP contribution in [0.1, 0.15) is 11.3 Å². The molecule has 0 N–H and O–H groups in total. The van der Waals surface area contributed by atoms with Crippen LogP contribution in [0.25, 0.3) is 22.6 Å². The molecule has 0 bridgehead atoms. The Morgan fingerprint density at radius 2 is 1.89 bits per heavy atom. The summed E-state index contributed by atoms with van der Waals surface area (Å²) in [7, 11) is 1.86. The molecule has 1 fully saturated rings. The number of aromatic nitrogens is 7. The number of carbonyl (C=O) groups is 1. The van der Waals surface area contributed by atoms with E-state index in [0.717, 1.165) is 53.5 Å². The molecule has 1 aliphatic rings. The van der Waals surface area contributed by atoms with Gasteiger partial charge in [0.25, 0.3) is 0 Å². The zero-order valence-corrected chi connectivity index (χ0v) is 19.4. The summed E-state index contributed by atoms with van der Waals surface area (Å²) in [6.45, 7) is 3.37. The lowest BCUT2D eigenvalue weighted by Gasteiger charge is -2.31. The Balaban J connectivity index is 1.16. The van der Waals surface area contributed by atoms with Crippen molar-refractivity contribution in [2.75, 3.05) is 26.7 Å². The molecule has 6 heterocycles. The minimum atomic E-state index is 0.168. The molecule has 1 aliphatic heterocycles. The number of amides is 1. The van der Waals surface area contributed by atoms with Crippen molar-refractivity contribution < 1.29 is 4.79 Å². The van der Waals surface area contributed by atoms with Crippen molar-refractivity contribution in [3.63, 3.8) is 0 Å². The number of carbonyl (C=O) groups excluding carboxylic acids is 1. The minimum absolute atomic E-state index is 0.168. The van der Waals surface area contributed by atoms with Gasteiger partial charge in [0, 0.05) is 63.2 Å². The van der Waals surface area contributed by atoms with Crippen LogP contribution in [0.3, 0.4) is 0 Å². The predicted octanol–water partition coefficient (Wildman–Crippen LogP) is 2.10. The average molecular weight is 468 g/mol. The lowest BCUT2D eigenvalue weighted by molar-refractivity contribution is -0.134. The molecule has 5 aromatic heterocycles. The van der Waals surface area contributed by atoms with Crippen molar-refractivity contribution in [3.8, 4) is 16.9 Å². The van der Waals surface area contributed by atoms with Gasteiger partial charge in [0.2, 0.25) is 5.91 Å². The van der Waals surface area contributed by atoms with Gasteiger partial charge in [-0.3, -0.25) is 14.7 Å². The van der Waals surface area contributed by atoms with Crippen molar-refractivity contribution in [2.45, 2.75) is 13.1 Å². The topological polar surface area (TPSA) is 89.4 Å². The fourth-order valence-corrected chi connectivity index (χ4v) is 4.35. The zero-order valence-electron chi connectivity index (χ0n) is 19.4. The third kappa shape index (κ3) is 4.43. The summed E-state index contributed by atoms with van der Waals surface area (Å²) in [4.78, 5) is 25.1. The minimum Gasteiger partial charge on any atom is -0.343 e. The molecule has 35 heavy (non-hydrogen) atoms. The molecule has 0 aliphatic carbocycles. The Bertz CT molecular complexity index is 1480. The van der Waals surface area contributed by atoms with Crippen molar-refractivity contribution in [1.29, 1.82) is 0 Å². The second-order valence-electron chi connectivity index (χ2n) is 8.88. The second kappa shape index (κ2) is 8.80. The van der Waals surface area contributed by atoms with Crippen LogP contribution in [-0.2, 0) is 17.9 Å². The van der Waals surface area contributed by atoms with Crippen molar-refractivity contribution in [3.05, 3.63) is 85.0 Å². The third-order valence-corrected chi connectivity index (χ3v) is 6.29. The smallest absolute Gasteiger partial charge is 0.236 e. The Morgan fingerprint density at radius 3 is 2.74 bits per heavy atom. The second-order valence-corrected chi connectivity index (χ2v) is 8.88. The molecule has 1 amide bonds. The molecule has 0 spiro atoms. The third-order valence-electron chi connectivity index (χ3n) is 6.29. The first-order valence-electron chi connectivity index (χ1n) is 11.5. The van der Waals surface area contributed by atoms with Gasteiger partial charge in [-0.1, -0.05) is 11.3 Å². The van der Waals surface area contributed by atoms with E-state index in [4.69, 9.17) is 4.98 Å². The predicted molar refractivity (Wildman–Crippen MR) is 130 cm³/mol. The van der Waals surface area contributed by atoms with Crippen LogP contribution >= 0.6 is 0 Å². The maximum Gasteiger partial charge on any atom is 0.236 e. The molecular weight excluding hydrogens is 442 g/mol. The Morgan fingerprint density at radius 1 is 1.00 bits per heavy atom. The van der Waals surface area contributed by atoms with E-state index in [0.29, 0.717) is 13.1 Å². The molecule has 0 saturated carbocycles. The normalized spacial score (nSPS) is 14.8. The van der Waals surface area contributed by atoms with Crippen molar-refractivity contribution >= 4 is 11.6 Å². The quantitative estimate of drug-likeness (QED) is 0.380. The first kappa shape index (κ1) is 21.2. The van der Waals surface area contributed by atoms with E-state index in [-0.39, 0.29) is 5.91 Å². The largest absolute Gasteiger partial charge is 0.343 e. The fraction of sp³-hybridized carbons (Fsp3) is 0.240. The first-order valence-corrected chi connectivity index (χ1v) is 11.5. The lowest BCUT2D eigenvalue weighted by Crippen LogP contribution is -2.47. The van der Waals surface area contributed by atoms with E-state index in [9.17, 15) is 4.79 Å². The van der Waals surface area contributed by atoms with Gasteiger partial charge >= 0.3 is 0 Å². The van der Waals surface area contributed by atoms with E-state index in [2.05, 4.69) is 32.5 Å². The molecule has 0 atom stereocenters. The molecule has 5 aromatic rings. The number of piperazine rings is 1. The fourth-order valence-electron chi connectivity index (χ4n) is 4.35. The number of fused-ring (bicyclic) bond motifs is 1. The highest BCUT2D eigenvalue weighted by Gasteiger charge is 2.21. The number of likely N-dealkylation sites (N-methyl/N-ethyl adjacent to an activating group) is 1. The van der Waals surface area contributed by atoms with Gasteiger partial charge in [0.05, 0.1) is 36.9 Å². The first-order chi connectivity index (χ1) is 17.1. The number of nitrogens with zero attached hydrogens (tertiary/aromatic N) is 9. The molecule has 10 nitrogen and oxygen atoms in total. The molecule has 0 aromatic carbocycles. The Hall–Kier alpha value is -4.31. The van der Waals surface area contributed by atoms with Gasteiger partial charge < -0.3 is 13.9 Å². The summed E-state index contributed by atoms with van der Waals surface area (Å²) >= 11 is 0. The molecule has 10 heteroatoms. The van der Waals surface area contributed by atoms with Crippen LogP contribution in [-0.4, -0.2) is 76.3 Å². The maximum atomic E-state index is 12.0. The van der Waals surface area contributed by atoms with Crippen LogP contribution in [0.15, 0.2) is 73.7 Å². The summed E-state index contributed by atoms with van der Waals surface area (Å²) in [6, 6.07) is 10.1. The van der Waals surface area contributed by atoms with Gasteiger partial charge in [-0.05, 0) is 29.8 Å². The summed E-state index contributed by atoms with van der Waals surface area (Å²) in [5.74, 6) is 0.168. The van der Waals surface area contributed by atoms with Gasteiger partial charge in [0.15, 0.2) is 0 Å². The molecule has 0 unspecified atom stereocenters. The van der Waals surface area contributed by atoms with Crippen LogP contribution in [0, 0.1) is 0 Å². The molecule has 176 valence electrons. The van der Waals surface area contributed by atoms with Gasteiger partial charge in [-0.15, -0.1) is 5.10 Å². The van der Waals surface area contributed by atoms with Crippen molar-refractivity contribution in [2.24, 2.45) is 0 Å². The highest BCUT2D eigenvalue weighted by molar-refractivity contribution is 5.78. The SMILES string of the molecule is CN1CCN(Cc2ccc3nc(Cn4cc(-c5cncc(-n6cccc6)c5)nn4)cn3c2)CC1=O. The van der Waals surface area contributed by atoms with E-state index < -0.39 is 0 Å².